The monoisotopic (exact) mass is 1320 g/mol. The van der Waals surface area contributed by atoms with Crippen molar-refractivity contribution < 1.29 is 0 Å². The van der Waals surface area contributed by atoms with E-state index in [1.165, 1.54) is 156 Å². The van der Waals surface area contributed by atoms with Gasteiger partial charge in [0.05, 0.1) is 53.5 Å². The summed E-state index contributed by atoms with van der Waals surface area (Å²) in [5.74, 6) is 0.990. The van der Waals surface area contributed by atoms with E-state index in [-0.39, 0.29) is 0 Å². The van der Waals surface area contributed by atoms with Gasteiger partial charge in [0.25, 0.3) is 0 Å². The molecule has 0 spiro atoms. The minimum Gasteiger partial charge on any atom is -0.355 e. The average molecular weight is 1320 g/mol. The quantitative estimate of drug-likeness (QED) is 0.175. The van der Waals surface area contributed by atoms with Crippen LogP contribution in [0.3, 0.4) is 0 Å². The Morgan fingerprint density at radius 3 is 1.14 bits per heavy atom. The highest BCUT2D eigenvalue weighted by Crippen LogP contribution is 2.46. The summed E-state index contributed by atoms with van der Waals surface area (Å²) in [5, 5.41) is 18.1. The normalized spacial score (nSPS) is 11.9. The van der Waals surface area contributed by atoms with Crippen molar-refractivity contribution in [1.82, 2.24) is 28.7 Å². The Balaban J connectivity index is 0.000000113. The summed E-state index contributed by atoms with van der Waals surface area (Å²) >= 11 is 9.85. The average Bonchev–Trinajstić information content (AvgIpc) is 1.51. The van der Waals surface area contributed by atoms with Gasteiger partial charge in [0.1, 0.15) is 5.15 Å². The van der Waals surface area contributed by atoms with E-state index in [1.54, 1.807) is 11.3 Å². The van der Waals surface area contributed by atoms with Crippen molar-refractivity contribution in [3.63, 3.8) is 0 Å². The number of fused-ring (bicyclic) bond motifs is 22. The van der Waals surface area contributed by atoms with Gasteiger partial charge >= 0.3 is 0 Å². The van der Waals surface area contributed by atoms with E-state index < -0.39 is 0 Å². The molecule has 8 aromatic heterocycles. The lowest BCUT2D eigenvalue weighted by molar-refractivity contribution is 1.12. The van der Waals surface area contributed by atoms with E-state index in [4.69, 9.17) is 16.6 Å². The second-order valence-electron chi connectivity index (χ2n) is 25.3. The molecule has 464 valence electrons. The maximum Gasteiger partial charge on any atom is 0.156 e. The molecule has 0 aliphatic rings. The topological polar surface area (TPSA) is 56.4 Å². The van der Waals surface area contributed by atoms with Gasteiger partial charge < -0.3 is 14.1 Å². The standard InChI is InChI=1S/C45H27N3S.C30H20N2.C15H8ClNS/c1-2-12-30(13-3-1)47-38-19-9-5-14-31(38)35-26-28(22-24-40(35)47)29-23-25-41-36(27-29)32-15-6-10-20-39(32)48(41)45-44-43(33-16-4-8-18-37(33)46-45)34-17-7-11-21-42(34)49-44;1-2-8-22(9-3-1)32-29-13-7-5-11-24(29)26-19-21(15-17-30(26)32)20-14-16-28-25(18-20)23-10-4-6-12-27(23)31-28;16-15-14-13(9-5-1-3-7-11(9)17-15)10-6-2-4-8-12(10)18-14/h1-27H;1-19,31H;1-8H. The Morgan fingerprint density at radius 2 is 0.616 bits per heavy atom. The fourth-order valence-corrected chi connectivity index (χ4v) is 18.0. The third-order valence-electron chi connectivity index (χ3n) is 19.8. The van der Waals surface area contributed by atoms with Crippen LogP contribution in [0.25, 0.3) is 189 Å². The zero-order chi connectivity index (χ0) is 65.2. The Kier molecular flexibility index (Phi) is 13.3. The van der Waals surface area contributed by atoms with E-state index in [9.17, 15) is 0 Å². The number of benzene rings is 14. The molecular weight excluding hydrogens is 1260 g/mol. The van der Waals surface area contributed by atoms with Crippen LogP contribution in [0.1, 0.15) is 0 Å². The van der Waals surface area contributed by atoms with Crippen molar-refractivity contribution in [2.45, 2.75) is 0 Å². The molecule has 0 amide bonds. The number of halogens is 1. The highest BCUT2D eigenvalue weighted by Gasteiger charge is 2.22. The maximum atomic E-state index is 6.31. The van der Waals surface area contributed by atoms with Gasteiger partial charge in [-0.05, 0) is 144 Å². The summed E-state index contributed by atoms with van der Waals surface area (Å²) in [6, 6.07) is 117. The van der Waals surface area contributed by atoms with Gasteiger partial charge in [0, 0.05) is 107 Å². The Bertz CT molecular complexity index is 7010. The van der Waals surface area contributed by atoms with Crippen LogP contribution < -0.4 is 0 Å². The van der Waals surface area contributed by atoms with Crippen LogP contribution in [0.2, 0.25) is 5.15 Å². The number of aromatic nitrogens is 6. The number of para-hydroxylation sites is 8. The van der Waals surface area contributed by atoms with E-state index in [0.717, 1.165) is 32.6 Å². The molecule has 0 aliphatic carbocycles. The first-order chi connectivity index (χ1) is 49.0. The van der Waals surface area contributed by atoms with Crippen molar-refractivity contribution in [2.75, 3.05) is 0 Å². The van der Waals surface area contributed by atoms with Crippen LogP contribution >= 0.6 is 34.3 Å². The minimum atomic E-state index is 0.602. The molecule has 22 aromatic rings. The highest BCUT2D eigenvalue weighted by molar-refractivity contribution is 7.27. The number of pyridine rings is 2. The number of aromatic amines is 1. The van der Waals surface area contributed by atoms with Gasteiger partial charge in [-0.2, -0.15) is 0 Å². The van der Waals surface area contributed by atoms with E-state index in [1.807, 2.05) is 29.5 Å². The number of rotatable bonds is 5. The molecule has 1 N–H and O–H groups in total. The van der Waals surface area contributed by atoms with E-state index in [0.29, 0.717) is 5.15 Å². The smallest absolute Gasteiger partial charge is 0.156 e. The summed E-state index contributed by atoms with van der Waals surface area (Å²) in [6.07, 6.45) is 0. The lowest BCUT2D eigenvalue weighted by Gasteiger charge is -2.11. The van der Waals surface area contributed by atoms with Gasteiger partial charge in [0.2, 0.25) is 0 Å². The largest absolute Gasteiger partial charge is 0.355 e. The lowest BCUT2D eigenvalue weighted by Crippen LogP contribution is -1.98. The second kappa shape index (κ2) is 23.0. The van der Waals surface area contributed by atoms with Crippen LogP contribution in [0, 0.1) is 0 Å². The van der Waals surface area contributed by atoms with Crippen molar-refractivity contribution in [3.8, 4) is 39.4 Å². The van der Waals surface area contributed by atoms with Crippen molar-refractivity contribution >= 4 is 184 Å². The summed E-state index contributed by atoms with van der Waals surface area (Å²) in [4.78, 5) is 13.4. The Labute approximate surface area is 580 Å². The van der Waals surface area contributed by atoms with Crippen LogP contribution in [0.5, 0.6) is 0 Å². The molecule has 6 nitrogen and oxygen atoms in total. The predicted molar refractivity (Wildman–Crippen MR) is 424 cm³/mol. The van der Waals surface area contributed by atoms with E-state index >= 15 is 0 Å². The molecule has 0 atom stereocenters. The number of hydrogen-bond donors (Lipinski definition) is 1. The fourth-order valence-electron chi connectivity index (χ4n) is 15.4. The van der Waals surface area contributed by atoms with E-state index in [2.05, 4.69) is 333 Å². The molecule has 0 unspecified atom stereocenters. The fraction of sp³-hybridized carbons (Fsp3) is 0. The van der Waals surface area contributed by atoms with Crippen LogP contribution in [-0.4, -0.2) is 28.7 Å². The van der Waals surface area contributed by atoms with Crippen LogP contribution in [-0.2, 0) is 0 Å². The maximum absolute atomic E-state index is 6.31. The number of nitrogens with one attached hydrogen (secondary N) is 1. The molecule has 0 aliphatic heterocycles. The third kappa shape index (κ3) is 9.22. The summed E-state index contributed by atoms with van der Waals surface area (Å²) in [7, 11) is 0. The first kappa shape index (κ1) is 57.1. The Morgan fingerprint density at radius 1 is 0.263 bits per heavy atom. The molecule has 9 heteroatoms. The SMILES string of the molecule is Clc1nc2ccccc2c2c1sc1ccccc12.c1ccc(-n2c3ccccc3c3cc(-c4ccc5[nH]c6ccccc6c5c4)ccc32)cc1.c1ccc(-n2c3ccccc3c3cc(-c4ccc5c(c4)c4ccccc4n5-c4nc5ccccc5c5c4sc4ccccc45)ccc32)cc1. The highest BCUT2D eigenvalue weighted by atomic mass is 35.5. The lowest BCUT2D eigenvalue weighted by atomic mass is 10.0. The van der Waals surface area contributed by atoms with Gasteiger partial charge in [-0.15, -0.1) is 22.7 Å². The molecule has 0 bridgehead atoms. The first-order valence-electron chi connectivity index (χ1n) is 33.3. The van der Waals surface area contributed by atoms with Gasteiger partial charge in [-0.1, -0.05) is 218 Å². The summed E-state index contributed by atoms with van der Waals surface area (Å²) in [5.41, 5.74) is 18.8. The molecule has 0 fully saturated rings. The molecule has 0 saturated heterocycles. The second-order valence-corrected chi connectivity index (χ2v) is 27.8. The van der Waals surface area contributed by atoms with Crippen LogP contribution in [0.4, 0.5) is 0 Å². The summed E-state index contributed by atoms with van der Waals surface area (Å²) in [6.45, 7) is 0. The van der Waals surface area contributed by atoms with Gasteiger partial charge in [-0.3, -0.25) is 4.57 Å². The number of hydrogen-bond acceptors (Lipinski definition) is 4. The molecule has 8 heterocycles. The minimum absolute atomic E-state index is 0.602. The molecule has 0 radical (unpaired) electrons. The van der Waals surface area contributed by atoms with Crippen molar-refractivity contribution in [1.29, 1.82) is 0 Å². The zero-order valence-electron chi connectivity index (χ0n) is 53.1. The third-order valence-corrected chi connectivity index (χ3v) is 22.5. The molecule has 0 saturated carbocycles. The predicted octanol–water partition coefficient (Wildman–Crippen LogP) is 25.8. The molecular formula is C90H55ClN6S2. The molecule has 14 aromatic carbocycles. The van der Waals surface area contributed by atoms with Gasteiger partial charge in [-0.25, -0.2) is 9.97 Å². The van der Waals surface area contributed by atoms with Crippen LogP contribution in [0.15, 0.2) is 328 Å². The Hall–Kier alpha value is -12.2. The number of thiophene rings is 2. The first-order valence-corrected chi connectivity index (χ1v) is 35.3. The van der Waals surface area contributed by atoms with Gasteiger partial charge in [0.15, 0.2) is 5.82 Å². The molecule has 22 rings (SSSR count). The zero-order valence-corrected chi connectivity index (χ0v) is 55.5. The van der Waals surface area contributed by atoms with Crippen molar-refractivity contribution in [2.24, 2.45) is 0 Å². The summed E-state index contributed by atoms with van der Waals surface area (Å²) < 4.78 is 11.9. The number of nitrogens with zero attached hydrogens (tertiary/aromatic N) is 5. The van der Waals surface area contributed by atoms with Crippen molar-refractivity contribution in [3.05, 3.63) is 333 Å². The number of H-pyrrole nitrogens is 1. The molecule has 99 heavy (non-hydrogen) atoms.